The average molecular weight is 398 g/mol. The Morgan fingerprint density at radius 1 is 1.15 bits per heavy atom. The van der Waals surface area contributed by atoms with Gasteiger partial charge in [-0.15, -0.1) is 0 Å². The van der Waals surface area contributed by atoms with Crippen LogP contribution in [0.4, 0.5) is 17.1 Å². The molecule has 0 bridgehead atoms. The second kappa shape index (κ2) is 8.50. The highest BCUT2D eigenvalue weighted by atomic mass is 35.5. The number of esters is 1. The van der Waals surface area contributed by atoms with E-state index in [2.05, 4.69) is 10.6 Å². The van der Waals surface area contributed by atoms with Crippen LogP contribution in [0.5, 0.6) is 0 Å². The standard InChI is InChI=1S/C16H13Cl2N3O5/c1-19-13-5-3-10(21(24)25)7-11(13)16(23)26-8-15(22)20-14-4-2-9(17)6-12(14)18/h2-7,19H,8H2,1H3,(H,20,22). The molecule has 0 fully saturated rings. The van der Waals surface area contributed by atoms with Crippen molar-refractivity contribution >= 4 is 52.1 Å². The predicted molar refractivity (Wildman–Crippen MR) is 98.0 cm³/mol. The molecule has 0 saturated heterocycles. The maximum absolute atomic E-state index is 12.2. The molecule has 0 spiro atoms. The Morgan fingerprint density at radius 2 is 1.85 bits per heavy atom. The number of anilines is 2. The molecule has 2 aromatic carbocycles. The largest absolute Gasteiger partial charge is 0.452 e. The smallest absolute Gasteiger partial charge is 0.341 e. The van der Waals surface area contributed by atoms with Crippen LogP contribution >= 0.6 is 23.2 Å². The van der Waals surface area contributed by atoms with Crippen molar-refractivity contribution in [1.82, 2.24) is 0 Å². The van der Waals surface area contributed by atoms with Gasteiger partial charge in [0.2, 0.25) is 0 Å². The van der Waals surface area contributed by atoms with Gasteiger partial charge < -0.3 is 15.4 Å². The van der Waals surface area contributed by atoms with Gasteiger partial charge in [-0.1, -0.05) is 23.2 Å². The van der Waals surface area contributed by atoms with Crippen LogP contribution in [0, 0.1) is 10.1 Å². The molecular formula is C16H13Cl2N3O5. The first-order chi connectivity index (χ1) is 12.3. The highest BCUT2D eigenvalue weighted by Gasteiger charge is 2.18. The van der Waals surface area contributed by atoms with Gasteiger partial charge in [0, 0.05) is 29.9 Å². The van der Waals surface area contributed by atoms with Gasteiger partial charge in [-0.25, -0.2) is 4.79 Å². The molecule has 0 heterocycles. The number of rotatable bonds is 6. The lowest BCUT2D eigenvalue weighted by atomic mass is 10.1. The fourth-order valence-corrected chi connectivity index (χ4v) is 2.47. The number of non-ortho nitro benzene ring substituents is 1. The van der Waals surface area contributed by atoms with E-state index in [1.165, 1.54) is 30.3 Å². The molecule has 136 valence electrons. The molecular weight excluding hydrogens is 385 g/mol. The van der Waals surface area contributed by atoms with E-state index in [0.29, 0.717) is 16.4 Å². The Hall–Kier alpha value is -2.84. The third kappa shape index (κ3) is 4.84. The van der Waals surface area contributed by atoms with Gasteiger partial charge in [0.25, 0.3) is 11.6 Å². The third-order valence-electron chi connectivity index (χ3n) is 3.24. The molecule has 0 aliphatic rings. The molecule has 26 heavy (non-hydrogen) atoms. The lowest BCUT2D eigenvalue weighted by Crippen LogP contribution is -2.21. The molecule has 8 nitrogen and oxygen atoms in total. The Bertz CT molecular complexity index is 873. The SMILES string of the molecule is CNc1ccc([N+](=O)[O-])cc1C(=O)OCC(=O)Nc1ccc(Cl)cc1Cl. The molecule has 2 rings (SSSR count). The summed E-state index contributed by atoms with van der Waals surface area (Å²) in [6.07, 6.45) is 0. The Labute approximate surface area is 158 Å². The molecule has 0 aromatic heterocycles. The Kier molecular flexibility index (Phi) is 6.37. The van der Waals surface area contributed by atoms with Crippen LogP contribution in [0.2, 0.25) is 10.0 Å². The molecule has 1 amide bonds. The minimum absolute atomic E-state index is 0.0565. The number of nitrogens with one attached hydrogen (secondary N) is 2. The van der Waals surface area contributed by atoms with E-state index in [0.717, 1.165) is 6.07 Å². The summed E-state index contributed by atoms with van der Waals surface area (Å²) in [5.41, 5.74) is 0.317. The molecule has 0 atom stereocenters. The number of amides is 1. The van der Waals surface area contributed by atoms with Gasteiger partial charge in [0.05, 0.1) is 21.2 Å². The van der Waals surface area contributed by atoms with Crippen LogP contribution in [0.25, 0.3) is 0 Å². The van der Waals surface area contributed by atoms with E-state index in [1.807, 2.05) is 0 Å². The number of hydrogen-bond donors (Lipinski definition) is 2. The molecule has 0 saturated carbocycles. The number of hydrogen-bond acceptors (Lipinski definition) is 6. The monoisotopic (exact) mass is 397 g/mol. The van der Waals surface area contributed by atoms with Crippen LogP contribution in [-0.4, -0.2) is 30.5 Å². The lowest BCUT2D eigenvalue weighted by molar-refractivity contribution is -0.384. The average Bonchev–Trinajstić information content (AvgIpc) is 2.61. The topological polar surface area (TPSA) is 111 Å². The fraction of sp³-hybridized carbons (Fsp3) is 0.125. The van der Waals surface area contributed by atoms with Gasteiger partial charge in [-0.3, -0.25) is 14.9 Å². The second-order valence-electron chi connectivity index (χ2n) is 4.99. The van der Waals surface area contributed by atoms with Crippen molar-refractivity contribution in [2.75, 3.05) is 24.3 Å². The van der Waals surface area contributed by atoms with Crippen molar-refractivity contribution in [1.29, 1.82) is 0 Å². The van der Waals surface area contributed by atoms with E-state index in [1.54, 1.807) is 7.05 Å². The lowest BCUT2D eigenvalue weighted by Gasteiger charge is -2.10. The zero-order valence-electron chi connectivity index (χ0n) is 13.4. The summed E-state index contributed by atoms with van der Waals surface area (Å²) in [7, 11) is 1.55. The first-order valence-electron chi connectivity index (χ1n) is 7.20. The summed E-state index contributed by atoms with van der Waals surface area (Å²) in [6, 6.07) is 8.19. The van der Waals surface area contributed by atoms with E-state index in [4.69, 9.17) is 27.9 Å². The minimum atomic E-state index is -0.879. The number of carbonyl (C=O) groups is 2. The molecule has 2 aromatic rings. The second-order valence-corrected chi connectivity index (χ2v) is 5.83. The molecule has 2 N–H and O–H groups in total. The van der Waals surface area contributed by atoms with Crippen LogP contribution in [-0.2, 0) is 9.53 Å². The van der Waals surface area contributed by atoms with Crippen LogP contribution in [0.1, 0.15) is 10.4 Å². The Morgan fingerprint density at radius 3 is 2.46 bits per heavy atom. The Balaban J connectivity index is 2.05. The van der Waals surface area contributed by atoms with Crippen LogP contribution in [0.15, 0.2) is 36.4 Å². The van der Waals surface area contributed by atoms with E-state index >= 15 is 0 Å². The number of nitro benzene ring substituents is 1. The van der Waals surface area contributed by atoms with E-state index in [9.17, 15) is 19.7 Å². The number of benzene rings is 2. The summed E-state index contributed by atoms with van der Waals surface area (Å²) < 4.78 is 4.92. The summed E-state index contributed by atoms with van der Waals surface area (Å²) in [6.45, 7) is -0.594. The highest BCUT2D eigenvalue weighted by Crippen LogP contribution is 2.25. The van der Waals surface area contributed by atoms with E-state index in [-0.39, 0.29) is 16.3 Å². The molecule has 10 heteroatoms. The van der Waals surface area contributed by atoms with Gasteiger partial charge in [0.15, 0.2) is 6.61 Å². The highest BCUT2D eigenvalue weighted by molar-refractivity contribution is 6.36. The van der Waals surface area contributed by atoms with Gasteiger partial charge in [-0.2, -0.15) is 0 Å². The summed E-state index contributed by atoms with van der Waals surface area (Å²) >= 11 is 11.7. The van der Waals surface area contributed by atoms with Crippen molar-refractivity contribution in [3.05, 3.63) is 62.1 Å². The van der Waals surface area contributed by atoms with Crippen molar-refractivity contribution in [2.45, 2.75) is 0 Å². The van der Waals surface area contributed by atoms with Gasteiger partial charge in [0.1, 0.15) is 0 Å². The van der Waals surface area contributed by atoms with Crippen molar-refractivity contribution in [3.63, 3.8) is 0 Å². The fourth-order valence-electron chi connectivity index (χ4n) is 2.02. The normalized spacial score (nSPS) is 10.1. The third-order valence-corrected chi connectivity index (χ3v) is 3.79. The number of ether oxygens (including phenoxy) is 1. The number of nitrogens with zero attached hydrogens (tertiary/aromatic N) is 1. The number of carbonyl (C=O) groups excluding carboxylic acids is 2. The first-order valence-corrected chi connectivity index (χ1v) is 7.95. The number of halogens is 2. The zero-order chi connectivity index (χ0) is 19.3. The maximum atomic E-state index is 12.2. The summed E-state index contributed by atoms with van der Waals surface area (Å²) in [5, 5.41) is 16.7. The van der Waals surface area contributed by atoms with Crippen molar-refractivity contribution in [3.8, 4) is 0 Å². The summed E-state index contributed by atoms with van der Waals surface area (Å²) in [5.74, 6) is -1.51. The first kappa shape index (κ1) is 19.5. The minimum Gasteiger partial charge on any atom is -0.452 e. The molecule has 0 aliphatic heterocycles. The van der Waals surface area contributed by atoms with E-state index < -0.39 is 23.4 Å². The van der Waals surface area contributed by atoms with Crippen molar-refractivity contribution in [2.24, 2.45) is 0 Å². The maximum Gasteiger partial charge on any atom is 0.341 e. The summed E-state index contributed by atoms with van der Waals surface area (Å²) in [4.78, 5) is 34.3. The quantitative estimate of drug-likeness (QED) is 0.436. The molecule has 0 radical (unpaired) electrons. The van der Waals surface area contributed by atoms with Crippen LogP contribution in [0.3, 0.4) is 0 Å². The number of nitro groups is 1. The predicted octanol–water partition coefficient (Wildman–Crippen LogP) is 3.74. The van der Waals surface area contributed by atoms with Crippen molar-refractivity contribution < 1.29 is 19.2 Å². The molecule has 0 unspecified atom stereocenters. The molecule has 0 aliphatic carbocycles. The van der Waals surface area contributed by atoms with Gasteiger partial charge in [-0.05, 0) is 24.3 Å². The van der Waals surface area contributed by atoms with Gasteiger partial charge >= 0.3 is 5.97 Å². The zero-order valence-corrected chi connectivity index (χ0v) is 14.9. The van der Waals surface area contributed by atoms with Crippen LogP contribution < -0.4 is 10.6 Å².